The van der Waals surface area contributed by atoms with Crippen molar-refractivity contribution in [1.82, 2.24) is 14.9 Å². The molecular formula is C23H23N3O2S. The van der Waals surface area contributed by atoms with Crippen molar-refractivity contribution in [3.63, 3.8) is 0 Å². The van der Waals surface area contributed by atoms with Gasteiger partial charge in [-0.15, -0.1) is 11.3 Å². The van der Waals surface area contributed by atoms with E-state index in [4.69, 9.17) is 4.42 Å². The standard InChI is InChI=1S/C23H23N3O2S/c1-16-21(29-15-24-16)12-13-26(2)23(27)18-9-10-20-19(14-18)25-22(28-20)11-8-17-6-4-3-5-7-17/h3-7,9-10,14-15H,8,11-13H2,1-2H3. The molecule has 29 heavy (non-hydrogen) atoms. The van der Waals surface area contributed by atoms with Crippen molar-refractivity contribution in [1.29, 1.82) is 0 Å². The van der Waals surface area contributed by atoms with E-state index in [0.717, 1.165) is 30.5 Å². The zero-order chi connectivity index (χ0) is 20.2. The van der Waals surface area contributed by atoms with E-state index in [-0.39, 0.29) is 5.91 Å². The Morgan fingerprint density at radius 3 is 2.69 bits per heavy atom. The molecule has 0 aliphatic carbocycles. The molecule has 0 fully saturated rings. The average Bonchev–Trinajstić information content (AvgIpc) is 3.35. The fourth-order valence-corrected chi connectivity index (χ4v) is 4.04. The van der Waals surface area contributed by atoms with Crippen LogP contribution < -0.4 is 0 Å². The molecule has 0 aliphatic rings. The molecule has 5 nitrogen and oxygen atoms in total. The highest BCUT2D eigenvalue weighted by Gasteiger charge is 2.15. The summed E-state index contributed by atoms with van der Waals surface area (Å²) in [5.74, 6) is 0.686. The summed E-state index contributed by atoms with van der Waals surface area (Å²) in [6.45, 7) is 2.66. The van der Waals surface area contributed by atoms with E-state index in [9.17, 15) is 4.79 Å². The molecule has 0 saturated heterocycles. The van der Waals surface area contributed by atoms with Gasteiger partial charge in [0.2, 0.25) is 0 Å². The molecule has 0 bridgehead atoms. The smallest absolute Gasteiger partial charge is 0.253 e. The molecule has 0 radical (unpaired) electrons. The van der Waals surface area contributed by atoms with Crippen LogP contribution in [0.25, 0.3) is 11.1 Å². The number of oxazole rings is 1. The average molecular weight is 406 g/mol. The Labute approximate surface area is 174 Å². The van der Waals surface area contributed by atoms with Crippen molar-refractivity contribution in [3.8, 4) is 0 Å². The van der Waals surface area contributed by atoms with Gasteiger partial charge >= 0.3 is 0 Å². The maximum Gasteiger partial charge on any atom is 0.253 e. The van der Waals surface area contributed by atoms with Gasteiger partial charge in [0, 0.05) is 36.9 Å². The van der Waals surface area contributed by atoms with Crippen molar-refractivity contribution in [2.45, 2.75) is 26.2 Å². The first-order valence-corrected chi connectivity index (χ1v) is 10.6. The summed E-state index contributed by atoms with van der Waals surface area (Å²) in [4.78, 5) is 24.6. The Bertz CT molecular complexity index is 1120. The number of carbonyl (C=O) groups is 1. The first-order valence-electron chi connectivity index (χ1n) is 9.68. The number of amides is 1. The van der Waals surface area contributed by atoms with E-state index in [1.165, 1.54) is 10.4 Å². The lowest BCUT2D eigenvalue weighted by Crippen LogP contribution is -2.28. The van der Waals surface area contributed by atoms with Gasteiger partial charge in [-0.1, -0.05) is 30.3 Å². The highest BCUT2D eigenvalue weighted by molar-refractivity contribution is 7.09. The fraction of sp³-hybridized carbons (Fsp3) is 0.261. The Morgan fingerprint density at radius 1 is 1.10 bits per heavy atom. The maximum atomic E-state index is 12.8. The molecule has 2 heterocycles. The first-order chi connectivity index (χ1) is 14.1. The van der Waals surface area contributed by atoms with Crippen LogP contribution in [-0.4, -0.2) is 34.4 Å². The number of likely N-dealkylation sites (N-methyl/N-ethyl adjacent to an activating group) is 1. The molecule has 0 unspecified atom stereocenters. The number of carbonyl (C=O) groups excluding carboxylic acids is 1. The zero-order valence-corrected chi connectivity index (χ0v) is 17.4. The van der Waals surface area contributed by atoms with Crippen LogP contribution >= 0.6 is 11.3 Å². The third-order valence-corrected chi connectivity index (χ3v) is 6.01. The number of fused-ring (bicyclic) bond motifs is 1. The Hall–Kier alpha value is -2.99. The summed E-state index contributed by atoms with van der Waals surface area (Å²) in [6.07, 6.45) is 2.42. The maximum absolute atomic E-state index is 12.8. The zero-order valence-electron chi connectivity index (χ0n) is 16.6. The molecule has 4 aromatic rings. The minimum absolute atomic E-state index is 0.0112. The normalized spacial score (nSPS) is 11.1. The van der Waals surface area contributed by atoms with Gasteiger partial charge in [-0.25, -0.2) is 9.97 Å². The molecular weight excluding hydrogens is 382 g/mol. The summed E-state index contributed by atoms with van der Waals surface area (Å²) in [5, 5.41) is 0. The van der Waals surface area contributed by atoms with E-state index in [0.29, 0.717) is 23.6 Å². The van der Waals surface area contributed by atoms with E-state index in [1.54, 1.807) is 16.2 Å². The lowest BCUT2D eigenvalue weighted by atomic mass is 10.1. The van der Waals surface area contributed by atoms with Crippen molar-refractivity contribution in [2.24, 2.45) is 0 Å². The largest absolute Gasteiger partial charge is 0.441 e. The SMILES string of the molecule is Cc1ncsc1CCN(C)C(=O)c1ccc2oc(CCc3ccccc3)nc2c1. The second-order valence-corrected chi connectivity index (χ2v) is 8.05. The van der Waals surface area contributed by atoms with Gasteiger partial charge in [0.25, 0.3) is 5.91 Å². The Morgan fingerprint density at radius 2 is 1.93 bits per heavy atom. The number of hydrogen-bond acceptors (Lipinski definition) is 5. The molecule has 2 aromatic carbocycles. The molecule has 6 heteroatoms. The van der Waals surface area contributed by atoms with Crippen molar-refractivity contribution in [3.05, 3.63) is 81.6 Å². The third-order valence-electron chi connectivity index (χ3n) is 5.02. The summed E-state index contributed by atoms with van der Waals surface area (Å²) in [5.41, 5.74) is 6.22. The molecule has 0 atom stereocenters. The third kappa shape index (κ3) is 4.54. The molecule has 0 saturated carbocycles. The quantitative estimate of drug-likeness (QED) is 0.447. The van der Waals surface area contributed by atoms with Crippen LogP contribution in [0.5, 0.6) is 0 Å². The summed E-state index contributed by atoms with van der Waals surface area (Å²) < 4.78 is 5.85. The molecule has 0 N–H and O–H groups in total. The van der Waals surface area contributed by atoms with Crippen LogP contribution in [0.2, 0.25) is 0 Å². The van der Waals surface area contributed by atoms with Gasteiger partial charge in [-0.05, 0) is 37.1 Å². The van der Waals surface area contributed by atoms with Crippen LogP contribution in [-0.2, 0) is 19.3 Å². The summed E-state index contributed by atoms with van der Waals surface area (Å²) >= 11 is 1.64. The first kappa shape index (κ1) is 19.3. The van der Waals surface area contributed by atoms with Gasteiger partial charge < -0.3 is 9.32 Å². The lowest BCUT2D eigenvalue weighted by molar-refractivity contribution is 0.0797. The second-order valence-electron chi connectivity index (χ2n) is 7.11. The number of aryl methyl sites for hydroxylation is 3. The lowest BCUT2D eigenvalue weighted by Gasteiger charge is -2.16. The molecule has 0 aliphatic heterocycles. The number of hydrogen-bond donors (Lipinski definition) is 0. The van der Waals surface area contributed by atoms with Crippen LogP contribution in [0, 0.1) is 6.92 Å². The van der Waals surface area contributed by atoms with Crippen molar-refractivity contribution < 1.29 is 9.21 Å². The van der Waals surface area contributed by atoms with E-state index < -0.39 is 0 Å². The van der Waals surface area contributed by atoms with Gasteiger partial charge in [0.1, 0.15) is 5.52 Å². The van der Waals surface area contributed by atoms with E-state index >= 15 is 0 Å². The number of aromatic nitrogens is 2. The highest BCUT2D eigenvalue weighted by atomic mass is 32.1. The van der Waals surface area contributed by atoms with Gasteiger partial charge in [0.15, 0.2) is 11.5 Å². The summed E-state index contributed by atoms with van der Waals surface area (Å²) in [7, 11) is 1.83. The molecule has 148 valence electrons. The Balaban J connectivity index is 1.42. The molecule has 1 amide bonds. The van der Waals surface area contributed by atoms with Crippen molar-refractivity contribution >= 4 is 28.3 Å². The minimum atomic E-state index is -0.0112. The minimum Gasteiger partial charge on any atom is -0.441 e. The van der Waals surface area contributed by atoms with Gasteiger partial charge in [0.05, 0.1) is 11.2 Å². The van der Waals surface area contributed by atoms with Crippen LogP contribution in [0.1, 0.15) is 32.4 Å². The summed E-state index contributed by atoms with van der Waals surface area (Å²) in [6, 6.07) is 15.7. The molecule has 4 rings (SSSR count). The number of thiazole rings is 1. The monoisotopic (exact) mass is 405 g/mol. The topological polar surface area (TPSA) is 59.2 Å². The highest BCUT2D eigenvalue weighted by Crippen LogP contribution is 2.20. The van der Waals surface area contributed by atoms with Gasteiger partial charge in [-0.3, -0.25) is 4.79 Å². The number of benzene rings is 2. The Kier molecular flexibility index (Phi) is 5.71. The predicted octanol–water partition coefficient (Wildman–Crippen LogP) is 4.69. The van der Waals surface area contributed by atoms with Crippen LogP contribution in [0.15, 0.2) is 58.5 Å². The van der Waals surface area contributed by atoms with Gasteiger partial charge in [-0.2, -0.15) is 0 Å². The number of rotatable bonds is 7. The van der Waals surface area contributed by atoms with E-state index in [2.05, 4.69) is 22.1 Å². The van der Waals surface area contributed by atoms with Crippen LogP contribution in [0.4, 0.5) is 0 Å². The van der Waals surface area contributed by atoms with E-state index in [1.807, 2.05) is 55.9 Å². The van der Waals surface area contributed by atoms with Crippen molar-refractivity contribution in [2.75, 3.05) is 13.6 Å². The fourth-order valence-electron chi connectivity index (χ4n) is 3.27. The molecule has 2 aromatic heterocycles. The second kappa shape index (κ2) is 8.57. The molecule has 0 spiro atoms. The predicted molar refractivity (Wildman–Crippen MR) is 115 cm³/mol. The number of nitrogens with zero attached hydrogens (tertiary/aromatic N) is 3. The van der Waals surface area contributed by atoms with Crippen LogP contribution in [0.3, 0.4) is 0 Å².